The zero-order valence-corrected chi connectivity index (χ0v) is 21.5. The summed E-state index contributed by atoms with van der Waals surface area (Å²) in [4.78, 5) is 17.6. The molecule has 3 aromatic rings. The molecule has 1 aromatic carbocycles. The molecule has 2 aliphatic heterocycles. The molecule has 10 nitrogen and oxygen atoms in total. The minimum atomic E-state index is -4.64. The largest absolute Gasteiger partial charge is 0.407 e. The van der Waals surface area contributed by atoms with Crippen LogP contribution in [0.2, 0.25) is 0 Å². The van der Waals surface area contributed by atoms with Crippen LogP contribution in [-0.4, -0.2) is 60.5 Å². The molecule has 0 spiro atoms. The number of alkyl halides is 3. The molecular weight excluding hydrogens is 543 g/mol. The van der Waals surface area contributed by atoms with Gasteiger partial charge >= 0.3 is 6.18 Å². The molecule has 0 amide bonds. The number of thiazole rings is 1. The van der Waals surface area contributed by atoms with Gasteiger partial charge in [-0.05, 0) is 25.0 Å². The first-order chi connectivity index (χ1) is 18.2. The van der Waals surface area contributed by atoms with Crippen LogP contribution in [0.4, 0.5) is 35.5 Å². The first kappa shape index (κ1) is 26.3. The number of benzene rings is 1. The minimum Gasteiger partial charge on any atom is -0.380 e. The maximum atomic E-state index is 13.4. The highest BCUT2D eigenvalue weighted by atomic mass is 32.2. The number of ether oxygens (including phenoxy) is 1. The fraction of sp³-hybridized carbons (Fsp3) is 0.391. The summed E-state index contributed by atoms with van der Waals surface area (Å²) in [5.74, 6) is 0.468. The Kier molecular flexibility index (Phi) is 7.23. The summed E-state index contributed by atoms with van der Waals surface area (Å²) in [6, 6.07) is 3.68. The summed E-state index contributed by atoms with van der Waals surface area (Å²) < 4.78 is 73.2. The summed E-state index contributed by atoms with van der Waals surface area (Å²) in [7, 11) is -3.70. The van der Waals surface area contributed by atoms with Gasteiger partial charge in [0.2, 0.25) is 0 Å². The van der Waals surface area contributed by atoms with E-state index in [-0.39, 0.29) is 17.3 Å². The van der Waals surface area contributed by atoms with E-state index >= 15 is 0 Å². The molecule has 0 atom stereocenters. The van der Waals surface area contributed by atoms with Gasteiger partial charge in [0.15, 0.2) is 15.0 Å². The van der Waals surface area contributed by atoms with Gasteiger partial charge in [-0.2, -0.15) is 17.5 Å². The summed E-state index contributed by atoms with van der Waals surface area (Å²) in [6.45, 7) is 9.20. The number of nitrogens with zero attached hydrogens (tertiary/aromatic N) is 6. The lowest BCUT2D eigenvalue weighted by molar-refractivity contribution is -0.136. The predicted octanol–water partition coefficient (Wildman–Crippen LogP) is 4.22. The second-order valence-corrected chi connectivity index (χ2v) is 11.8. The standard InChI is InChI=1S/C23H22F3N7O3S2/c1-27-18-4-3-15(11-17(18)23(24,25)26)32-7-5-16-19(13-32)29-14-30-21(16)31-22-28-12-20(37-22)38(34,35)33-6-2-9-36-10-8-33/h3-4,11-12,14H,2,5-10,13H2,(H,28,29,30,31). The van der Waals surface area contributed by atoms with E-state index < -0.39 is 27.5 Å². The zero-order chi connectivity index (χ0) is 26.9. The Morgan fingerprint density at radius 1 is 1.13 bits per heavy atom. The quantitative estimate of drug-likeness (QED) is 0.459. The van der Waals surface area contributed by atoms with E-state index in [2.05, 4.69) is 25.1 Å². The highest BCUT2D eigenvalue weighted by molar-refractivity contribution is 7.91. The number of nitrogens with one attached hydrogen (secondary N) is 1. The van der Waals surface area contributed by atoms with Gasteiger partial charge in [-0.15, -0.1) is 0 Å². The van der Waals surface area contributed by atoms with E-state index in [0.29, 0.717) is 61.5 Å². The molecule has 0 bridgehead atoms. The Morgan fingerprint density at radius 3 is 2.76 bits per heavy atom. The molecule has 5 rings (SSSR count). The highest BCUT2D eigenvalue weighted by Crippen LogP contribution is 2.40. The summed E-state index contributed by atoms with van der Waals surface area (Å²) in [6.07, 6.45) is -0.919. The van der Waals surface area contributed by atoms with Crippen molar-refractivity contribution in [2.45, 2.75) is 29.8 Å². The number of aromatic nitrogens is 3. The monoisotopic (exact) mass is 565 g/mol. The lowest BCUT2D eigenvalue weighted by Gasteiger charge is -2.31. The number of rotatable bonds is 5. The normalized spacial score (nSPS) is 16.9. The maximum Gasteiger partial charge on any atom is 0.407 e. The lowest BCUT2D eigenvalue weighted by Crippen LogP contribution is -2.32. The number of halogens is 3. The highest BCUT2D eigenvalue weighted by Gasteiger charge is 2.34. The number of hydrogen-bond donors (Lipinski definition) is 1. The molecule has 2 aliphatic rings. The van der Waals surface area contributed by atoms with Gasteiger partial charge < -0.3 is 15.0 Å². The van der Waals surface area contributed by atoms with Crippen molar-refractivity contribution < 1.29 is 26.3 Å². The fourth-order valence-corrected chi connectivity index (χ4v) is 7.00. The molecule has 0 radical (unpaired) electrons. The van der Waals surface area contributed by atoms with Crippen molar-refractivity contribution in [1.29, 1.82) is 0 Å². The number of sulfonamides is 1. The molecular formula is C23H22F3N7O3S2. The third-order valence-corrected chi connectivity index (χ3v) is 9.51. The second-order valence-electron chi connectivity index (χ2n) is 8.61. The van der Waals surface area contributed by atoms with Gasteiger partial charge in [-0.1, -0.05) is 17.4 Å². The average molecular weight is 566 g/mol. The van der Waals surface area contributed by atoms with Crippen LogP contribution in [0.15, 0.2) is 34.9 Å². The summed E-state index contributed by atoms with van der Waals surface area (Å²) >= 11 is 0.996. The van der Waals surface area contributed by atoms with E-state index in [1.54, 1.807) is 4.90 Å². The lowest BCUT2D eigenvalue weighted by atomic mass is 10.0. The van der Waals surface area contributed by atoms with Crippen molar-refractivity contribution in [3.05, 3.63) is 59.0 Å². The van der Waals surface area contributed by atoms with Gasteiger partial charge in [0, 0.05) is 37.5 Å². The minimum absolute atomic E-state index is 0.110. The van der Waals surface area contributed by atoms with Crippen molar-refractivity contribution in [3.8, 4) is 0 Å². The van der Waals surface area contributed by atoms with Crippen LogP contribution < -0.4 is 10.2 Å². The Hall–Kier alpha value is -3.32. The predicted molar refractivity (Wildman–Crippen MR) is 134 cm³/mol. The molecule has 0 saturated carbocycles. The van der Waals surface area contributed by atoms with Crippen molar-refractivity contribution >= 4 is 43.7 Å². The van der Waals surface area contributed by atoms with Crippen LogP contribution in [0, 0.1) is 6.57 Å². The maximum absolute atomic E-state index is 13.4. The summed E-state index contributed by atoms with van der Waals surface area (Å²) in [5, 5.41) is 3.44. The van der Waals surface area contributed by atoms with E-state index in [1.807, 2.05) is 0 Å². The van der Waals surface area contributed by atoms with Crippen molar-refractivity contribution in [1.82, 2.24) is 19.3 Å². The van der Waals surface area contributed by atoms with E-state index in [1.165, 1.54) is 29.0 Å². The first-order valence-corrected chi connectivity index (χ1v) is 13.9. The molecule has 15 heteroatoms. The van der Waals surface area contributed by atoms with E-state index in [4.69, 9.17) is 11.3 Å². The molecule has 200 valence electrons. The molecule has 1 N–H and O–H groups in total. The number of anilines is 3. The van der Waals surface area contributed by atoms with Crippen LogP contribution in [0.5, 0.6) is 0 Å². The molecule has 0 unspecified atom stereocenters. The van der Waals surface area contributed by atoms with Crippen LogP contribution in [0.3, 0.4) is 0 Å². The van der Waals surface area contributed by atoms with Gasteiger partial charge in [0.25, 0.3) is 10.0 Å². The SMILES string of the molecule is [C-]#[N+]c1ccc(N2CCc3c(ncnc3Nc3ncc(S(=O)(=O)N4CCCOCC4)s3)C2)cc1C(F)(F)F. The fourth-order valence-electron chi connectivity index (χ4n) is 4.36. The topological polar surface area (TPSA) is 105 Å². The number of fused-ring (bicyclic) bond motifs is 1. The molecule has 1 fully saturated rings. The van der Waals surface area contributed by atoms with Gasteiger partial charge in [0.1, 0.15) is 12.1 Å². The van der Waals surface area contributed by atoms with Gasteiger partial charge in [-0.25, -0.2) is 28.2 Å². The van der Waals surface area contributed by atoms with Crippen molar-refractivity contribution in [3.63, 3.8) is 0 Å². The number of hydrogen-bond acceptors (Lipinski definition) is 9. The van der Waals surface area contributed by atoms with Crippen molar-refractivity contribution in [2.24, 2.45) is 0 Å². The molecule has 4 heterocycles. The Bertz CT molecular complexity index is 1480. The molecule has 0 aliphatic carbocycles. The van der Waals surface area contributed by atoms with Gasteiger partial charge in [0.05, 0.1) is 37.2 Å². The molecule has 2 aromatic heterocycles. The average Bonchev–Trinajstić information content (AvgIpc) is 3.20. The second kappa shape index (κ2) is 10.4. The first-order valence-electron chi connectivity index (χ1n) is 11.6. The van der Waals surface area contributed by atoms with Crippen LogP contribution >= 0.6 is 11.3 Å². The Balaban J connectivity index is 1.34. The van der Waals surface area contributed by atoms with Gasteiger partial charge in [-0.3, -0.25) is 0 Å². The Morgan fingerprint density at radius 2 is 1.97 bits per heavy atom. The van der Waals surface area contributed by atoms with Crippen LogP contribution in [0.1, 0.15) is 23.2 Å². The molecule has 1 saturated heterocycles. The third-order valence-electron chi connectivity index (χ3n) is 6.26. The third kappa shape index (κ3) is 5.30. The van der Waals surface area contributed by atoms with Crippen LogP contribution in [0.25, 0.3) is 4.85 Å². The smallest absolute Gasteiger partial charge is 0.380 e. The van der Waals surface area contributed by atoms with Crippen LogP contribution in [-0.2, 0) is 33.9 Å². The van der Waals surface area contributed by atoms with E-state index in [9.17, 15) is 21.6 Å². The van der Waals surface area contributed by atoms with E-state index in [0.717, 1.165) is 23.0 Å². The van der Waals surface area contributed by atoms with Crippen molar-refractivity contribution in [2.75, 3.05) is 43.1 Å². The molecule has 38 heavy (non-hydrogen) atoms. The Labute approximate surface area is 221 Å². The summed E-state index contributed by atoms with van der Waals surface area (Å²) in [5.41, 5.74) is 0.342. The zero-order valence-electron chi connectivity index (χ0n) is 19.9.